The van der Waals surface area contributed by atoms with Crippen molar-refractivity contribution in [2.24, 2.45) is 0 Å². The second-order valence-electron chi connectivity index (χ2n) is 4.50. The SMILES string of the molecule is CCN(CCOC(=O)c1cccnc1)C(=O)c1cccnc1. The van der Waals surface area contributed by atoms with Crippen molar-refractivity contribution < 1.29 is 14.3 Å². The quantitative estimate of drug-likeness (QED) is 0.760. The molecule has 2 aromatic rings. The maximum atomic E-state index is 12.3. The molecular weight excluding hydrogens is 282 g/mol. The van der Waals surface area contributed by atoms with Crippen molar-refractivity contribution in [3.63, 3.8) is 0 Å². The van der Waals surface area contributed by atoms with Crippen molar-refractivity contribution in [2.75, 3.05) is 19.7 Å². The Morgan fingerprint density at radius 3 is 2.27 bits per heavy atom. The summed E-state index contributed by atoms with van der Waals surface area (Å²) in [7, 11) is 0. The summed E-state index contributed by atoms with van der Waals surface area (Å²) < 4.78 is 5.16. The fourth-order valence-corrected chi connectivity index (χ4v) is 1.89. The molecule has 0 fully saturated rings. The van der Waals surface area contributed by atoms with Crippen LogP contribution in [0.5, 0.6) is 0 Å². The van der Waals surface area contributed by atoms with Crippen LogP contribution in [0.2, 0.25) is 0 Å². The minimum atomic E-state index is -0.446. The average molecular weight is 299 g/mol. The molecule has 0 aliphatic heterocycles. The van der Waals surface area contributed by atoms with E-state index in [0.29, 0.717) is 24.2 Å². The van der Waals surface area contributed by atoms with Gasteiger partial charge in [0.2, 0.25) is 0 Å². The molecule has 0 aliphatic carbocycles. The highest BCUT2D eigenvalue weighted by molar-refractivity contribution is 5.94. The van der Waals surface area contributed by atoms with Gasteiger partial charge >= 0.3 is 5.97 Å². The Morgan fingerprint density at radius 1 is 1.09 bits per heavy atom. The maximum absolute atomic E-state index is 12.3. The van der Waals surface area contributed by atoms with Crippen molar-refractivity contribution in [1.29, 1.82) is 0 Å². The van der Waals surface area contributed by atoms with E-state index in [4.69, 9.17) is 4.74 Å². The van der Waals surface area contributed by atoms with Crippen molar-refractivity contribution in [3.05, 3.63) is 60.2 Å². The van der Waals surface area contributed by atoms with E-state index in [1.54, 1.807) is 41.6 Å². The van der Waals surface area contributed by atoms with E-state index < -0.39 is 5.97 Å². The number of aromatic nitrogens is 2. The summed E-state index contributed by atoms with van der Waals surface area (Å²) in [6.45, 7) is 2.86. The second kappa shape index (κ2) is 7.87. The summed E-state index contributed by atoms with van der Waals surface area (Å²) in [6, 6.07) is 6.72. The first-order valence-corrected chi connectivity index (χ1v) is 6.99. The van der Waals surface area contributed by atoms with Crippen LogP contribution in [-0.4, -0.2) is 46.4 Å². The van der Waals surface area contributed by atoms with Crippen molar-refractivity contribution in [3.8, 4) is 0 Å². The van der Waals surface area contributed by atoms with Gasteiger partial charge in [-0.25, -0.2) is 4.79 Å². The zero-order chi connectivity index (χ0) is 15.8. The van der Waals surface area contributed by atoms with Gasteiger partial charge in [-0.2, -0.15) is 0 Å². The molecule has 114 valence electrons. The molecule has 0 aliphatic rings. The van der Waals surface area contributed by atoms with E-state index in [0.717, 1.165) is 0 Å². The van der Waals surface area contributed by atoms with Gasteiger partial charge in [-0.3, -0.25) is 14.8 Å². The fourth-order valence-electron chi connectivity index (χ4n) is 1.89. The first-order chi connectivity index (χ1) is 10.7. The van der Waals surface area contributed by atoms with Crippen LogP contribution in [0, 0.1) is 0 Å². The third kappa shape index (κ3) is 4.12. The lowest BCUT2D eigenvalue weighted by atomic mass is 10.2. The lowest BCUT2D eigenvalue weighted by Crippen LogP contribution is -2.34. The summed E-state index contributed by atoms with van der Waals surface area (Å²) in [5.74, 6) is -0.578. The summed E-state index contributed by atoms with van der Waals surface area (Å²) in [6.07, 6.45) is 6.16. The molecule has 22 heavy (non-hydrogen) atoms. The van der Waals surface area contributed by atoms with Gasteiger partial charge in [-0.15, -0.1) is 0 Å². The highest BCUT2D eigenvalue weighted by Crippen LogP contribution is 2.04. The van der Waals surface area contributed by atoms with Gasteiger partial charge in [0.25, 0.3) is 5.91 Å². The number of carbonyl (C=O) groups is 2. The normalized spacial score (nSPS) is 10.0. The summed E-state index contributed by atoms with van der Waals surface area (Å²) in [5.41, 5.74) is 0.909. The Labute approximate surface area is 128 Å². The van der Waals surface area contributed by atoms with Gasteiger partial charge in [0.15, 0.2) is 0 Å². The molecule has 0 spiro atoms. The van der Waals surface area contributed by atoms with Crippen LogP contribution in [-0.2, 0) is 4.74 Å². The van der Waals surface area contributed by atoms with E-state index in [-0.39, 0.29) is 12.5 Å². The Bertz CT molecular complexity index is 617. The van der Waals surface area contributed by atoms with Crippen molar-refractivity contribution in [1.82, 2.24) is 14.9 Å². The topological polar surface area (TPSA) is 72.4 Å². The highest BCUT2D eigenvalue weighted by atomic mass is 16.5. The predicted molar refractivity (Wildman–Crippen MR) is 80.3 cm³/mol. The lowest BCUT2D eigenvalue weighted by molar-refractivity contribution is 0.0438. The molecule has 0 saturated carbocycles. The number of nitrogens with zero attached hydrogens (tertiary/aromatic N) is 3. The number of esters is 1. The van der Waals surface area contributed by atoms with Crippen LogP contribution in [0.1, 0.15) is 27.6 Å². The molecule has 2 rings (SSSR count). The van der Waals surface area contributed by atoms with Gasteiger partial charge in [-0.1, -0.05) is 0 Å². The molecule has 2 aromatic heterocycles. The van der Waals surface area contributed by atoms with Crippen LogP contribution >= 0.6 is 0 Å². The maximum Gasteiger partial charge on any atom is 0.339 e. The number of hydrogen-bond donors (Lipinski definition) is 0. The number of carbonyl (C=O) groups excluding carboxylic acids is 2. The summed E-state index contributed by atoms with van der Waals surface area (Å²) in [4.78, 5) is 33.4. The number of hydrogen-bond acceptors (Lipinski definition) is 5. The monoisotopic (exact) mass is 299 g/mol. The third-order valence-electron chi connectivity index (χ3n) is 3.07. The van der Waals surface area contributed by atoms with Gasteiger partial charge in [0.05, 0.1) is 17.7 Å². The molecule has 6 heteroatoms. The molecule has 0 unspecified atom stereocenters. The van der Waals surface area contributed by atoms with E-state index in [1.165, 1.54) is 12.4 Å². The zero-order valence-electron chi connectivity index (χ0n) is 12.3. The number of amides is 1. The number of pyridine rings is 2. The zero-order valence-corrected chi connectivity index (χ0v) is 12.3. The van der Waals surface area contributed by atoms with Crippen LogP contribution in [0.25, 0.3) is 0 Å². The minimum Gasteiger partial charge on any atom is -0.460 e. The van der Waals surface area contributed by atoms with Crippen molar-refractivity contribution in [2.45, 2.75) is 6.92 Å². The predicted octanol–water partition coefficient (Wildman–Crippen LogP) is 1.80. The van der Waals surface area contributed by atoms with Crippen molar-refractivity contribution >= 4 is 11.9 Å². The molecule has 0 saturated heterocycles. The largest absolute Gasteiger partial charge is 0.460 e. The Kier molecular flexibility index (Phi) is 5.59. The first kappa shape index (κ1) is 15.6. The van der Waals surface area contributed by atoms with E-state index >= 15 is 0 Å². The highest BCUT2D eigenvalue weighted by Gasteiger charge is 2.15. The van der Waals surface area contributed by atoms with Crippen LogP contribution < -0.4 is 0 Å². The molecule has 0 aromatic carbocycles. The average Bonchev–Trinajstić information content (AvgIpc) is 2.59. The Balaban J connectivity index is 1.87. The van der Waals surface area contributed by atoms with Gasteiger partial charge < -0.3 is 9.64 Å². The van der Waals surface area contributed by atoms with Gasteiger partial charge in [0, 0.05) is 31.3 Å². The number of ether oxygens (including phenoxy) is 1. The molecule has 0 atom stereocenters. The summed E-state index contributed by atoms with van der Waals surface area (Å²) in [5, 5.41) is 0. The van der Waals surface area contributed by atoms with E-state index in [9.17, 15) is 9.59 Å². The van der Waals surface area contributed by atoms with Crippen LogP contribution in [0.4, 0.5) is 0 Å². The fraction of sp³-hybridized carbons (Fsp3) is 0.250. The molecule has 2 heterocycles. The second-order valence-corrected chi connectivity index (χ2v) is 4.50. The van der Waals surface area contributed by atoms with Gasteiger partial charge in [0.1, 0.15) is 6.61 Å². The minimum absolute atomic E-state index is 0.131. The van der Waals surface area contributed by atoms with Crippen LogP contribution in [0.3, 0.4) is 0 Å². The first-order valence-electron chi connectivity index (χ1n) is 6.99. The Hall–Kier alpha value is -2.76. The molecule has 1 amide bonds. The molecular formula is C16H17N3O3. The number of rotatable bonds is 6. The molecule has 6 nitrogen and oxygen atoms in total. The molecule has 0 bridgehead atoms. The number of likely N-dealkylation sites (N-methyl/N-ethyl adjacent to an activating group) is 1. The smallest absolute Gasteiger partial charge is 0.339 e. The van der Waals surface area contributed by atoms with E-state index in [1.807, 2.05) is 6.92 Å². The molecule has 0 N–H and O–H groups in total. The van der Waals surface area contributed by atoms with E-state index in [2.05, 4.69) is 9.97 Å². The molecule has 0 radical (unpaired) electrons. The Morgan fingerprint density at radius 2 is 1.73 bits per heavy atom. The third-order valence-corrected chi connectivity index (χ3v) is 3.07. The lowest BCUT2D eigenvalue weighted by Gasteiger charge is -2.20. The van der Waals surface area contributed by atoms with Gasteiger partial charge in [-0.05, 0) is 31.2 Å². The standard InChI is InChI=1S/C16H17N3O3/c1-2-19(15(20)13-5-3-7-17-11-13)9-10-22-16(21)14-6-4-8-18-12-14/h3-8,11-12H,2,9-10H2,1H3. The summed E-state index contributed by atoms with van der Waals surface area (Å²) >= 11 is 0. The van der Waals surface area contributed by atoms with Crippen LogP contribution in [0.15, 0.2) is 49.1 Å².